The minimum atomic E-state index is -0.0699. The molecule has 152 valence electrons. The Bertz CT molecular complexity index is 1050. The predicted molar refractivity (Wildman–Crippen MR) is 117 cm³/mol. The fourth-order valence-corrected chi connectivity index (χ4v) is 5.14. The lowest BCUT2D eigenvalue weighted by Gasteiger charge is -2.14. The number of thiophene rings is 1. The van der Waals surface area contributed by atoms with Gasteiger partial charge in [-0.3, -0.25) is 14.2 Å². The number of rotatable bonds is 7. The van der Waals surface area contributed by atoms with Gasteiger partial charge in [0.25, 0.3) is 5.56 Å². The van der Waals surface area contributed by atoms with Crippen molar-refractivity contribution in [2.45, 2.75) is 43.4 Å². The van der Waals surface area contributed by atoms with E-state index in [9.17, 15) is 9.59 Å². The van der Waals surface area contributed by atoms with Crippen LogP contribution in [0.25, 0.3) is 10.2 Å². The molecule has 2 heterocycles. The number of benzene rings is 1. The van der Waals surface area contributed by atoms with Gasteiger partial charge in [-0.25, -0.2) is 4.98 Å². The van der Waals surface area contributed by atoms with Gasteiger partial charge in [0.05, 0.1) is 24.9 Å². The topological polar surface area (TPSA) is 73.2 Å². The summed E-state index contributed by atoms with van der Waals surface area (Å²) in [5.41, 5.74) is 1.59. The van der Waals surface area contributed by atoms with Crippen LogP contribution in [0.15, 0.2) is 45.7 Å². The van der Waals surface area contributed by atoms with Crippen LogP contribution >= 0.6 is 23.1 Å². The summed E-state index contributed by atoms with van der Waals surface area (Å²) in [5.74, 6) is 1.02. The number of aromatic nitrogens is 2. The van der Waals surface area contributed by atoms with E-state index in [-0.39, 0.29) is 23.3 Å². The fraction of sp³-hybridized carbons (Fsp3) is 0.381. The number of hydrogen-bond donors (Lipinski definition) is 1. The van der Waals surface area contributed by atoms with Crippen LogP contribution in [-0.2, 0) is 11.3 Å². The number of thioether (sulfide) groups is 1. The lowest BCUT2D eigenvalue weighted by molar-refractivity contribution is -0.119. The van der Waals surface area contributed by atoms with Crippen LogP contribution in [0.2, 0.25) is 0 Å². The van der Waals surface area contributed by atoms with Crippen LogP contribution in [0.1, 0.15) is 31.2 Å². The molecule has 6 nitrogen and oxygen atoms in total. The Labute approximate surface area is 177 Å². The molecule has 0 bridgehead atoms. The van der Waals surface area contributed by atoms with E-state index in [1.54, 1.807) is 11.7 Å². The van der Waals surface area contributed by atoms with Crippen molar-refractivity contribution in [3.63, 3.8) is 0 Å². The van der Waals surface area contributed by atoms with E-state index in [4.69, 9.17) is 4.74 Å². The van der Waals surface area contributed by atoms with Gasteiger partial charge in [-0.1, -0.05) is 36.7 Å². The second kappa shape index (κ2) is 9.00. The third kappa shape index (κ3) is 4.64. The number of carbonyl (C=O) groups excluding carboxylic acids is 1. The number of nitrogens with zero attached hydrogens (tertiary/aromatic N) is 2. The largest absolute Gasteiger partial charge is 0.497 e. The summed E-state index contributed by atoms with van der Waals surface area (Å²) >= 11 is 2.71. The molecule has 1 aromatic carbocycles. The number of nitrogens with one attached hydrogen (secondary N) is 1. The second-order valence-electron chi connectivity index (χ2n) is 7.11. The molecule has 3 aromatic rings. The van der Waals surface area contributed by atoms with Crippen molar-refractivity contribution in [3.05, 3.63) is 51.6 Å². The monoisotopic (exact) mass is 429 g/mol. The fourth-order valence-electron chi connectivity index (χ4n) is 3.56. The summed E-state index contributed by atoms with van der Waals surface area (Å²) in [6.07, 6.45) is 4.46. The van der Waals surface area contributed by atoms with E-state index in [1.165, 1.54) is 35.9 Å². The quantitative estimate of drug-likeness (QED) is 0.458. The Morgan fingerprint density at radius 1 is 1.28 bits per heavy atom. The molecule has 1 aliphatic rings. The lowest BCUT2D eigenvalue weighted by Crippen LogP contribution is -2.34. The van der Waals surface area contributed by atoms with E-state index in [1.807, 2.05) is 35.7 Å². The molecule has 1 saturated carbocycles. The maximum atomic E-state index is 13.1. The number of ether oxygens (including phenoxy) is 1. The van der Waals surface area contributed by atoms with Crippen molar-refractivity contribution in [3.8, 4) is 5.75 Å². The highest BCUT2D eigenvalue weighted by Gasteiger charge is 2.19. The molecule has 1 N–H and O–H groups in total. The number of fused-ring (bicyclic) bond motifs is 1. The molecule has 4 rings (SSSR count). The van der Waals surface area contributed by atoms with Crippen LogP contribution < -0.4 is 15.6 Å². The van der Waals surface area contributed by atoms with Crippen LogP contribution in [0.3, 0.4) is 0 Å². The normalized spacial score (nSPS) is 14.4. The first-order chi connectivity index (χ1) is 14.1. The van der Waals surface area contributed by atoms with Gasteiger partial charge in [-0.2, -0.15) is 0 Å². The SMILES string of the molecule is COc1ccc(Cn2c(SCC(=O)NC3CCCC3)nc3ccsc3c2=O)cc1. The molecule has 8 heteroatoms. The Morgan fingerprint density at radius 2 is 2.03 bits per heavy atom. The molecule has 0 aliphatic heterocycles. The molecule has 0 unspecified atom stereocenters. The van der Waals surface area contributed by atoms with E-state index in [2.05, 4.69) is 10.3 Å². The summed E-state index contributed by atoms with van der Waals surface area (Å²) < 4.78 is 7.50. The third-order valence-corrected chi connectivity index (χ3v) is 6.95. The van der Waals surface area contributed by atoms with Crippen LogP contribution in [0.4, 0.5) is 0 Å². The Hall–Kier alpha value is -2.32. The van der Waals surface area contributed by atoms with Crippen LogP contribution in [-0.4, -0.2) is 34.4 Å². The van der Waals surface area contributed by atoms with Crippen molar-refractivity contribution >= 4 is 39.2 Å². The molecule has 1 amide bonds. The number of methoxy groups -OCH3 is 1. The molecule has 1 fully saturated rings. The van der Waals surface area contributed by atoms with E-state index in [0.29, 0.717) is 21.9 Å². The van der Waals surface area contributed by atoms with Gasteiger partial charge >= 0.3 is 0 Å². The molecular weight excluding hydrogens is 406 g/mol. The standard InChI is InChI=1S/C21H23N3O3S2/c1-27-16-8-6-14(7-9-16)12-24-20(26)19-17(10-11-28-19)23-21(24)29-13-18(25)22-15-4-2-3-5-15/h6-11,15H,2-5,12-13H2,1H3,(H,22,25). The minimum Gasteiger partial charge on any atom is -0.497 e. The molecule has 0 spiro atoms. The summed E-state index contributed by atoms with van der Waals surface area (Å²) in [5, 5.41) is 5.53. The van der Waals surface area contributed by atoms with Crippen molar-refractivity contribution in [2.24, 2.45) is 0 Å². The van der Waals surface area contributed by atoms with Gasteiger partial charge in [0.2, 0.25) is 5.91 Å². The first-order valence-electron chi connectivity index (χ1n) is 9.67. The molecule has 0 saturated heterocycles. The highest BCUT2D eigenvalue weighted by molar-refractivity contribution is 7.99. The molecule has 0 atom stereocenters. The number of hydrogen-bond acceptors (Lipinski definition) is 6. The number of amides is 1. The maximum absolute atomic E-state index is 13.1. The molecule has 0 radical (unpaired) electrons. The Kier molecular flexibility index (Phi) is 6.20. The van der Waals surface area contributed by atoms with Crippen molar-refractivity contribution in [1.29, 1.82) is 0 Å². The lowest BCUT2D eigenvalue weighted by atomic mass is 10.2. The second-order valence-corrected chi connectivity index (χ2v) is 8.96. The first kappa shape index (κ1) is 20.0. The summed E-state index contributed by atoms with van der Waals surface area (Å²) in [4.78, 5) is 30.1. The average Bonchev–Trinajstić information content (AvgIpc) is 3.41. The molecule has 1 aliphatic carbocycles. The Morgan fingerprint density at radius 3 is 2.76 bits per heavy atom. The summed E-state index contributed by atoms with van der Waals surface area (Å²) in [7, 11) is 1.62. The highest BCUT2D eigenvalue weighted by atomic mass is 32.2. The van der Waals surface area contributed by atoms with Gasteiger partial charge in [0.1, 0.15) is 10.4 Å². The van der Waals surface area contributed by atoms with Gasteiger partial charge < -0.3 is 10.1 Å². The van der Waals surface area contributed by atoms with E-state index in [0.717, 1.165) is 24.2 Å². The van der Waals surface area contributed by atoms with Gasteiger partial charge in [-0.15, -0.1) is 11.3 Å². The smallest absolute Gasteiger partial charge is 0.272 e. The van der Waals surface area contributed by atoms with Crippen molar-refractivity contribution in [1.82, 2.24) is 14.9 Å². The third-order valence-electron chi connectivity index (χ3n) is 5.08. The highest BCUT2D eigenvalue weighted by Crippen LogP contribution is 2.23. The van der Waals surface area contributed by atoms with Crippen LogP contribution in [0.5, 0.6) is 5.75 Å². The maximum Gasteiger partial charge on any atom is 0.272 e. The average molecular weight is 430 g/mol. The Balaban J connectivity index is 1.56. The van der Waals surface area contributed by atoms with Crippen molar-refractivity contribution in [2.75, 3.05) is 12.9 Å². The van der Waals surface area contributed by atoms with Crippen molar-refractivity contribution < 1.29 is 9.53 Å². The van der Waals surface area contributed by atoms with Gasteiger partial charge in [-0.05, 0) is 42.0 Å². The predicted octanol–water partition coefficient (Wildman–Crippen LogP) is 3.67. The number of carbonyl (C=O) groups is 1. The van der Waals surface area contributed by atoms with Gasteiger partial charge in [0, 0.05) is 6.04 Å². The van der Waals surface area contributed by atoms with Crippen LogP contribution in [0, 0.1) is 0 Å². The minimum absolute atomic E-state index is 0.00226. The molecule has 29 heavy (non-hydrogen) atoms. The summed E-state index contributed by atoms with van der Waals surface area (Å²) in [6.45, 7) is 0.399. The zero-order valence-electron chi connectivity index (χ0n) is 16.2. The molecule has 2 aromatic heterocycles. The van der Waals surface area contributed by atoms with Gasteiger partial charge in [0.15, 0.2) is 5.16 Å². The first-order valence-corrected chi connectivity index (χ1v) is 11.5. The zero-order chi connectivity index (χ0) is 20.2. The van der Waals surface area contributed by atoms with E-state index >= 15 is 0 Å². The van der Waals surface area contributed by atoms with E-state index < -0.39 is 0 Å². The molecular formula is C21H23N3O3S2. The zero-order valence-corrected chi connectivity index (χ0v) is 17.9. The summed E-state index contributed by atoms with van der Waals surface area (Å²) in [6, 6.07) is 9.76.